The Bertz CT molecular complexity index is 393. The van der Waals surface area contributed by atoms with Gasteiger partial charge >= 0.3 is 0 Å². The SMILES string of the molecule is [CH2]C(CO)c1cccc(OC(C)C)c1C#N. The Hall–Kier alpha value is -1.53. The fraction of sp³-hybridized carbons (Fsp3) is 0.385. The largest absolute Gasteiger partial charge is 0.490 e. The zero-order valence-corrected chi connectivity index (χ0v) is 9.60. The smallest absolute Gasteiger partial charge is 0.137 e. The van der Waals surface area contributed by atoms with E-state index in [-0.39, 0.29) is 18.6 Å². The Morgan fingerprint density at radius 1 is 1.50 bits per heavy atom. The van der Waals surface area contributed by atoms with Crippen molar-refractivity contribution in [1.29, 1.82) is 5.26 Å². The lowest BCUT2D eigenvalue weighted by Gasteiger charge is -2.16. The zero-order valence-electron chi connectivity index (χ0n) is 9.60. The molecular formula is C13H16NO2. The molecule has 1 atom stereocenters. The van der Waals surface area contributed by atoms with E-state index in [0.29, 0.717) is 11.3 Å². The number of nitrogens with zero attached hydrogens (tertiary/aromatic N) is 1. The highest BCUT2D eigenvalue weighted by atomic mass is 16.5. The first-order valence-electron chi connectivity index (χ1n) is 5.23. The zero-order chi connectivity index (χ0) is 12.1. The van der Waals surface area contributed by atoms with Crippen molar-refractivity contribution in [3.05, 3.63) is 36.2 Å². The van der Waals surface area contributed by atoms with Gasteiger partial charge in [0.15, 0.2) is 0 Å². The molecule has 0 bridgehead atoms. The van der Waals surface area contributed by atoms with Gasteiger partial charge in [0.25, 0.3) is 0 Å². The summed E-state index contributed by atoms with van der Waals surface area (Å²) < 4.78 is 5.54. The maximum atomic E-state index is 9.12. The Morgan fingerprint density at radius 3 is 2.69 bits per heavy atom. The van der Waals surface area contributed by atoms with Crippen LogP contribution in [0.4, 0.5) is 0 Å². The number of nitriles is 1. The average molecular weight is 218 g/mol. The summed E-state index contributed by atoms with van der Waals surface area (Å²) in [5.74, 6) is 0.252. The summed E-state index contributed by atoms with van der Waals surface area (Å²) in [5, 5.41) is 18.2. The lowest BCUT2D eigenvalue weighted by molar-refractivity contribution is 0.241. The van der Waals surface area contributed by atoms with Crippen LogP contribution >= 0.6 is 0 Å². The first-order chi connectivity index (χ1) is 7.60. The lowest BCUT2D eigenvalue weighted by Crippen LogP contribution is -2.09. The van der Waals surface area contributed by atoms with E-state index in [0.717, 1.165) is 5.56 Å². The van der Waals surface area contributed by atoms with Gasteiger partial charge in [0.05, 0.1) is 11.7 Å². The summed E-state index contributed by atoms with van der Waals surface area (Å²) >= 11 is 0. The van der Waals surface area contributed by atoms with Gasteiger partial charge < -0.3 is 9.84 Å². The number of hydrogen-bond donors (Lipinski definition) is 1. The van der Waals surface area contributed by atoms with Crippen molar-refractivity contribution in [2.75, 3.05) is 6.61 Å². The number of aliphatic hydroxyl groups excluding tert-OH is 1. The van der Waals surface area contributed by atoms with Gasteiger partial charge in [0, 0.05) is 12.5 Å². The van der Waals surface area contributed by atoms with E-state index in [1.165, 1.54) is 0 Å². The van der Waals surface area contributed by atoms with E-state index in [9.17, 15) is 0 Å². The third kappa shape index (κ3) is 2.74. The minimum Gasteiger partial charge on any atom is -0.490 e. The van der Waals surface area contributed by atoms with Gasteiger partial charge in [0.1, 0.15) is 11.8 Å². The highest BCUT2D eigenvalue weighted by Gasteiger charge is 2.14. The van der Waals surface area contributed by atoms with Crippen molar-refractivity contribution in [2.24, 2.45) is 0 Å². The van der Waals surface area contributed by atoms with Crippen LogP contribution in [0.1, 0.15) is 30.9 Å². The quantitative estimate of drug-likeness (QED) is 0.843. The molecular weight excluding hydrogens is 202 g/mol. The highest BCUT2D eigenvalue weighted by molar-refractivity contribution is 5.50. The number of benzene rings is 1. The Balaban J connectivity index is 3.16. The van der Waals surface area contributed by atoms with Crippen LogP contribution in [0.5, 0.6) is 5.75 Å². The standard InChI is InChI=1S/C13H16NO2/c1-9(2)16-13-6-4-5-11(10(3)8-15)12(13)7-14/h4-6,9-10,15H,3,8H2,1-2H3. The molecule has 16 heavy (non-hydrogen) atoms. The predicted molar refractivity (Wildman–Crippen MR) is 62.1 cm³/mol. The minimum atomic E-state index is -0.301. The molecule has 0 spiro atoms. The van der Waals surface area contributed by atoms with Crippen LogP contribution in [0.3, 0.4) is 0 Å². The normalized spacial score (nSPS) is 12.2. The van der Waals surface area contributed by atoms with Gasteiger partial charge in [-0.05, 0) is 32.4 Å². The van der Waals surface area contributed by atoms with Crippen LogP contribution in [0.2, 0.25) is 0 Å². The van der Waals surface area contributed by atoms with Gasteiger partial charge in [-0.25, -0.2) is 0 Å². The van der Waals surface area contributed by atoms with Crippen LogP contribution < -0.4 is 4.74 Å². The van der Waals surface area contributed by atoms with Crippen LogP contribution in [-0.4, -0.2) is 17.8 Å². The monoisotopic (exact) mass is 218 g/mol. The molecule has 0 heterocycles. The Morgan fingerprint density at radius 2 is 2.19 bits per heavy atom. The van der Waals surface area contributed by atoms with Crippen LogP contribution in [0.25, 0.3) is 0 Å². The molecule has 1 aromatic carbocycles. The van der Waals surface area contributed by atoms with Crippen molar-refractivity contribution < 1.29 is 9.84 Å². The fourth-order valence-corrected chi connectivity index (χ4v) is 1.46. The van der Waals surface area contributed by atoms with E-state index >= 15 is 0 Å². The van der Waals surface area contributed by atoms with E-state index in [1.54, 1.807) is 12.1 Å². The molecule has 0 saturated carbocycles. The van der Waals surface area contributed by atoms with Crippen molar-refractivity contribution in [3.8, 4) is 11.8 Å². The Labute approximate surface area is 96.3 Å². The Kier molecular flexibility index (Phi) is 4.33. The molecule has 1 rings (SSSR count). The molecule has 0 amide bonds. The summed E-state index contributed by atoms with van der Waals surface area (Å²) in [5.41, 5.74) is 1.19. The molecule has 0 aliphatic rings. The van der Waals surface area contributed by atoms with Gasteiger partial charge in [0.2, 0.25) is 0 Å². The molecule has 0 aliphatic heterocycles. The van der Waals surface area contributed by atoms with E-state index < -0.39 is 0 Å². The molecule has 0 aromatic heterocycles. The number of rotatable bonds is 4. The number of ether oxygens (including phenoxy) is 1. The minimum absolute atomic E-state index is 0.0136. The van der Waals surface area contributed by atoms with Gasteiger partial charge in [-0.2, -0.15) is 5.26 Å². The molecule has 0 saturated heterocycles. The molecule has 0 fully saturated rings. The number of aliphatic hydroxyl groups is 1. The van der Waals surface area contributed by atoms with Crippen LogP contribution in [-0.2, 0) is 0 Å². The van der Waals surface area contributed by atoms with Gasteiger partial charge in [-0.1, -0.05) is 12.1 Å². The molecule has 3 heteroatoms. The fourth-order valence-electron chi connectivity index (χ4n) is 1.46. The summed E-state index contributed by atoms with van der Waals surface area (Å²) in [6, 6.07) is 7.46. The molecule has 1 N–H and O–H groups in total. The summed E-state index contributed by atoms with van der Waals surface area (Å²) in [4.78, 5) is 0. The maximum Gasteiger partial charge on any atom is 0.137 e. The van der Waals surface area contributed by atoms with E-state index in [2.05, 4.69) is 13.0 Å². The summed E-state index contributed by atoms with van der Waals surface area (Å²) in [6.45, 7) is 7.52. The summed E-state index contributed by atoms with van der Waals surface area (Å²) in [6.07, 6.45) is 0.0136. The van der Waals surface area contributed by atoms with Crippen LogP contribution in [0, 0.1) is 18.3 Å². The van der Waals surface area contributed by atoms with Gasteiger partial charge in [-0.3, -0.25) is 0 Å². The predicted octanol–water partition coefficient (Wildman–Crippen LogP) is 2.26. The first-order valence-corrected chi connectivity index (χ1v) is 5.23. The molecule has 1 radical (unpaired) electrons. The van der Waals surface area contributed by atoms with E-state index in [4.69, 9.17) is 15.1 Å². The van der Waals surface area contributed by atoms with E-state index in [1.807, 2.05) is 19.9 Å². The van der Waals surface area contributed by atoms with Gasteiger partial charge in [-0.15, -0.1) is 0 Å². The third-order valence-corrected chi connectivity index (χ3v) is 2.19. The highest BCUT2D eigenvalue weighted by Crippen LogP contribution is 2.27. The molecule has 1 unspecified atom stereocenters. The topological polar surface area (TPSA) is 53.2 Å². The van der Waals surface area contributed by atoms with Crippen LogP contribution in [0.15, 0.2) is 18.2 Å². The first kappa shape index (κ1) is 12.5. The average Bonchev–Trinajstić information content (AvgIpc) is 2.27. The van der Waals surface area contributed by atoms with Crippen molar-refractivity contribution >= 4 is 0 Å². The van der Waals surface area contributed by atoms with Crippen molar-refractivity contribution in [1.82, 2.24) is 0 Å². The van der Waals surface area contributed by atoms with Crippen molar-refractivity contribution in [2.45, 2.75) is 25.9 Å². The summed E-state index contributed by atoms with van der Waals surface area (Å²) in [7, 11) is 0. The second kappa shape index (κ2) is 5.53. The molecule has 1 aromatic rings. The third-order valence-electron chi connectivity index (χ3n) is 2.19. The molecule has 85 valence electrons. The molecule has 3 nitrogen and oxygen atoms in total. The van der Waals surface area contributed by atoms with Crippen molar-refractivity contribution in [3.63, 3.8) is 0 Å². The number of hydrogen-bond acceptors (Lipinski definition) is 3. The maximum absolute atomic E-state index is 9.12. The second-order valence-corrected chi connectivity index (χ2v) is 3.88. The molecule has 0 aliphatic carbocycles. The second-order valence-electron chi connectivity index (χ2n) is 3.88. The lowest BCUT2D eigenvalue weighted by atomic mass is 9.96.